The molecule has 0 aromatic carbocycles. The van der Waals surface area contributed by atoms with Crippen molar-refractivity contribution in [3.8, 4) is 0 Å². The summed E-state index contributed by atoms with van der Waals surface area (Å²) in [5, 5.41) is 6.74. The van der Waals surface area contributed by atoms with Gasteiger partial charge in [-0.25, -0.2) is 0 Å². The normalized spacial score (nSPS) is 13.5. The van der Waals surface area contributed by atoms with E-state index in [1.807, 2.05) is 0 Å². The number of hydrogen-bond acceptors (Lipinski definition) is 8. The third kappa shape index (κ3) is 20.7. The van der Waals surface area contributed by atoms with E-state index in [0.29, 0.717) is 12.8 Å². The van der Waals surface area contributed by atoms with Gasteiger partial charge in [0.1, 0.15) is 11.7 Å². The Morgan fingerprint density at radius 3 is 1.11 bits per heavy atom. The highest BCUT2D eigenvalue weighted by molar-refractivity contribution is 7.86. The van der Waals surface area contributed by atoms with E-state index in [1.165, 1.54) is 12.8 Å². The van der Waals surface area contributed by atoms with Crippen LogP contribution < -0.4 is 11.5 Å². The zero-order valence-electron chi connectivity index (χ0n) is 16.8. The molecule has 0 aliphatic rings. The number of nitrogens with two attached hydrogens (primary N) is 2. The van der Waals surface area contributed by atoms with E-state index in [2.05, 4.69) is 18.9 Å². The van der Waals surface area contributed by atoms with Gasteiger partial charge in [-0.2, -0.15) is 16.8 Å². The van der Waals surface area contributed by atoms with Crippen LogP contribution in [0.25, 0.3) is 0 Å². The van der Waals surface area contributed by atoms with E-state index < -0.39 is 20.2 Å². The summed E-state index contributed by atoms with van der Waals surface area (Å²) in [6.45, 7) is 0. The molecular weight excluding hydrogens is 408 g/mol. The third-order valence-corrected chi connectivity index (χ3v) is 4.39. The number of rotatable bonds is 17. The lowest BCUT2D eigenvalue weighted by atomic mass is 10.0. The zero-order chi connectivity index (χ0) is 21.5. The van der Waals surface area contributed by atoms with Crippen molar-refractivity contribution in [2.24, 2.45) is 21.8 Å². The molecule has 0 aliphatic heterocycles. The first-order valence-electron chi connectivity index (χ1n) is 9.41. The minimum absolute atomic E-state index is 0.194. The van der Waals surface area contributed by atoms with E-state index >= 15 is 0 Å². The van der Waals surface area contributed by atoms with Crippen LogP contribution in [0.2, 0.25) is 0 Å². The molecule has 12 heteroatoms. The molecule has 0 aromatic heterocycles. The van der Waals surface area contributed by atoms with Gasteiger partial charge in [-0.15, -0.1) is 0 Å². The van der Waals surface area contributed by atoms with Crippen LogP contribution in [-0.4, -0.2) is 41.0 Å². The SMILES string of the molecule is CS(=O)(=O)O/N=C(\N)CCCCCCCCCCCC/C(N)=N\OS(C)(=O)=O. The summed E-state index contributed by atoms with van der Waals surface area (Å²) in [6, 6.07) is 0. The average Bonchev–Trinajstić information content (AvgIpc) is 2.58. The summed E-state index contributed by atoms with van der Waals surface area (Å²) in [4.78, 5) is 0. The maximum atomic E-state index is 10.8. The minimum Gasteiger partial charge on any atom is -0.384 e. The van der Waals surface area contributed by atoms with Gasteiger partial charge >= 0.3 is 20.2 Å². The Balaban J connectivity index is 3.47. The Bertz CT molecular complexity index is 630. The molecule has 166 valence electrons. The van der Waals surface area contributed by atoms with Crippen molar-refractivity contribution in [1.29, 1.82) is 0 Å². The lowest BCUT2D eigenvalue weighted by Gasteiger charge is -2.03. The Morgan fingerprint density at radius 2 is 0.857 bits per heavy atom. The van der Waals surface area contributed by atoms with E-state index in [0.717, 1.165) is 63.9 Å². The summed E-state index contributed by atoms with van der Waals surface area (Å²) in [5.41, 5.74) is 11.1. The van der Waals surface area contributed by atoms with E-state index in [9.17, 15) is 16.8 Å². The fourth-order valence-electron chi connectivity index (χ4n) is 2.35. The van der Waals surface area contributed by atoms with Gasteiger partial charge in [0, 0.05) is 12.8 Å². The second kappa shape index (κ2) is 14.4. The van der Waals surface area contributed by atoms with Crippen molar-refractivity contribution in [2.75, 3.05) is 12.5 Å². The van der Waals surface area contributed by atoms with Gasteiger partial charge in [0.2, 0.25) is 0 Å². The molecule has 0 aliphatic carbocycles. The Labute approximate surface area is 168 Å². The highest BCUT2D eigenvalue weighted by Gasteiger charge is 2.02. The van der Waals surface area contributed by atoms with Gasteiger partial charge < -0.3 is 11.5 Å². The van der Waals surface area contributed by atoms with Crippen molar-refractivity contribution in [1.82, 2.24) is 0 Å². The first-order valence-corrected chi connectivity index (χ1v) is 13.0. The fraction of sp³-hybridized carbons (Fsp3) is 0.875. The van der Waals surface area contributed by atoms with E-state index in [1.54, 1.807) is 0 Å². The van der Waals surface area contributed by atoms with Crippen molar-refractivity contribution >= 4 is 31.9 Å². The highest BCUT2D eigenvalue weighted by Crippen LogP contribution is 2.12. The molecule has 0 radical (unpaired) electrons. The quantitative estimate of drug-likeness (QED) is 0.150. The first kappa shape index (κ1) is 26.4. The van der Waals surface area contributed by atoms with E-state index in [-0.39, 0.29) is 11.7 Å². The summed E-state index contributed by atoms with van der Waals surface area (Å²) in [6.07, 6.45) is 13.5. The van der Waals surface area contributed by atoms with Crippen LogP contribution in [-0.2, 0) is 28.8 Å². The maximum absolute atomic E-state index is 10.8. The Morgan fingerprint density at radius 1 is 0.607 bits per heavy atom. The molecule has 0 bridgehead atoms. The summed E-state index contributed by atoms with van der Waals surface area (Å²) in [7, 11) is -7.19. The lowest BCUT2D eigenvalue weighted by molar-refractivity contribution is 0.340. The number of oxime groups is 2. The van der Waals surface area contributed by atoms with Gasteiger partial charge in [-0.1, -0.05) is 61.7 Å². The summed E-state index contributed by atoms with van der Waals surface area (Å²) < 4.78 is 51.6. The molecule has 0 aromatic rings. The fourth-order valence-corrected chi connectivity index (χ4v) is 2.81. The molecular formula is C16H34N4O6S2. The second-order valence-corrected chi connectivity index (χ2v) is 9.87. The van der Waals surface area contributed by atoms with Crippen LogP contribution >= 0.6 is 0 Å². The Kier molecular flexibility index (Phi) is 13.6. The molecule has 0 spiro atoms. The van der Waals surface area contributed by atoms with Crippen LogP contribution in [0.4, 0.5) is 0 Å². The van der Waals surface area contributed by atoms with Crippen LogP contribution in [0, 0.1) is 0 Å². The number of nitrogens with zero attached hydrogens (tertiary/aromatic N) is 2. The monoisotopic (exact) mass is 442 g/mol. The van der Waals surface area contributed by atoms with E-state index in [4.69, 9.17) is 11.5 Å². The number of amidine groups is 2. The molecule has 0 rings (SSSR count). The topological polar surface area (TPSA) is 163 Å². The molecule has 28 heavy (non-hydrogen) atoms. The van der Waals surface area contributed by atoms with Crippen LogP contribution in [0.15, 0.2) is 10.3 Å². The van der Waals surface area contributed by atoms with Crippen molar-refractivity contribution < 1.29 is 25.4 Å². The standard InChI is InChI=1S/C16H34N4O6S2/c1-27(21,22)25-19-15(17)13-11-9-7-5-3-4-6-8-10-12-14-16(18)20-26-28(2,23)24/h3-14H2,1-2H3,(H2,17,19)(H2,18,20). The second-order valence-electron chi connectivity index (χ2n) is 6.76. The molecule has 0 saturated heterocycles. The molecule has 0 atom stereocenters. The molecule has 0 amide bonds. The smallest absolute Gasteiger partial charge is 0.325 e. The number of unbranched alkanes of at least 4 members (excludes halogenated alkanes) is 9. The average molecular weight is 443 g/mol. The zero-order valence-corrected chi connectivity index (χ0v) is 18.4. The predicted octanol–water partition coefficient (Wildman–Crippen LogP) is 2.16. The predicted molar refractivity (Wildman–Crippen MR) is 111 cm³/mol. The maximum Gasteiger partial charge on any atom is 0.325 e. The summed E-state index contributed by atoms with van der Waals surface area (Å²) in [5.74, 6) is 0.387. The van der Waals surface area contributed by atoms with Crippen LogP contribution in [0.5, 0.6) is 0 Å². The minimum atomic E-state index is -3.59. The van der Waals surface area contributed by atoms with Gasteiger partial charge in [-0.3, -0.25) is 8.57 Å². The van der Waals surface area contributed by atoms with Crippen molar-refractivity contribution in [2.45, 2.75) is 77.0 Å². The van der Waals surface area contributed by atoms with Gasteiger partial charge in [0.05, 0.1) is 12.5 Å². The van der Waals surface area contributed by atoms with Gasteiger partial charge in [0.15, 0.2) is 0 Å². The number of hydrogen-bond donors (Lipinski definition) is 2. The summed E-state index contributed by atoms with van der Waals surface area (Å²) >= 11 is 0. The van der Waals surface area contributed by atoms with Gasteiger partial charge in [-0.05, 0) is 12.8 Å². The van der Waals surface area contributed by atoms with Crippen LogP contribution in [0.1, 0.15) is 77.0 Å². The van der Waals surface area contributed by atoms with Crippen molar-refractivity contribution in [3.05, 3.63) is 0 Å². The molecule has 0 saturated carbocycles. The third-order valence-electron chi connectivity index (χ3n) is 3.70. The molecule has 10 nitrogen and oxygen atoms in total. The molecule has 0 unspecified atom stereocenters. The molecule has 4 N–H and O–H groups in total. The van der Waals surface area contributed by atoms with Gasteiger partial charge in [0.25, 0.3) is 0 Å². The largest absolute Gasteiger partial charge is 0.384 e. The molecule has 0 heterocycles. The molecule has 0 fully saturated rings. The highest BCUT2D eigenvalue weighted by atomic mass is 32.2. The van der Waals surface area contributed by atoms with Crippen LogP contribution in [0.3, 0.4) is 0 Å². The Hall–Kier alpha value is -1.56. The lowest BCUT2D eigenvalue weighted by Crippen LogP contribution is -2.13. The first-order chi connectivity index (χ1) is 13.0. The van der Waals surface area contributed by atoms with Crippen molar-refractivity contribution in [3.63, 3.8) is 0 Å².